The molecule has 0 radical (unpaired) electrons. The lowest BCUT2D eigenvalue weighted by atomic mass is 10.1. The molecule has 0 bridgehead atoms. The first kappa shape index (κ1) is 19.8. The summed E-state index contributed by atoms with van der Waals surface area (Å²) in [5.74, 6) is -0.745. The number of nitrogens with zero attached hydrogens (tertiary/aromatic N) is 2. The lowest BCUT2D eigenvalue weighted by Gasteiger charge is -2.33. The number of fused-ring (bicyclic) bond motifs is 1. The Morgan fingerprint density at radius 1 is 1.03 bits per heavy atom. The molecule has 1 aromatic heterocycles. The average Bonchev–Trinajstić information content (AvgIpc) is 3.04. The molecule has 6 nitrogen and oxygen atoms in total. The Labute approximate surface area is 169 Å². The smallest absolute Gasteiger partial charge is 0.246 e. The van der Waals surface area contributed by atoms with Crippen LogP contribution < -0.4 is 0 Å². The van der Waals surface area contributed by atoms with E-state index in [4.69, 9.17) is 0 Å². The van der Waals surface area contributed by atoms with Crippen LogP contribution in [0.5, 0.6) is 0 Å². The van der Waals surface area contributed by atoms with E-state index in [0.717, 1.165) is 22.7 Å². The number of carbonyl (C=O) groups is 1. The van der Waals surface area contributed by atoms with Crippen molar-refractivity contribution in [1.82, 2.24) is 14.2 Å². The molecule has 1 aliphatic heterocycles. The van der Waals surface area contributed by atoms with Gasteiger partial charge >= 0.3 is 0 Å². The molecule has 1 saturated heterocycles. The van der Waals surface area contributed by atoms with E-state index in [1.165, 1.54) is 22.5 Å². The molecular formula is C21H22FN3O3S. The first-order valence-corrected chi connectivity index (χ1v) is 10.9. The molecule has 8 heteroatoms. The van der Waals surface area contributed by atoms with E-state index >= 15 is 0 Å². The fraction of sp³-hybridized carbons (Fsp3) is 0.286. The standard InChI is InChI=1S/C21H22FN3O3S/c1-15-21(16-6-2-4-8-18(16)23-15)19(26)14-24-10-12-25(13-11-24)29(27,28)20-9-5-3-7-17(20)22/h2-9,23H,10-14H2,1H3. The fourth-order valence-corrected chi connectivity index (χ4v) is 5.33. The lowest BCUT2D eigenvalue weighted by Crippen LogP contribution is -2.49. The third-order valence-electron chi connectivity index (χ3n) is 5.33. The number of carbonyl (C=O) groups excluding carboxylic acids is 1. The highest BCUT2D eigenvalue weighted by atomic mass is 32.2. The van der Waals surface area contributed by atoms with Gasteiger partial charge in [0.15, 0.2) is 5.78 Å². The van der Waals surface area contributed by atoms with Gasteiger partial charge in [-0.05, 0) is 25.1 Å². The first-order valence-electron chi connectivity index (χ1n) is 9.45. The normalized spacial score (nSPS) is 16.3. The zero-order chi connectivity index (χ0) is 20.6. The van der Waals surface area contributed by atoms with Crippen molar-refractivity contribution in [3.63, 3.8) is 0 Å². The number of aromatic nitrogens is 1. The number of sulfonamides is 1. The average molecular weight is 415 g/mol. The molecule has 152 valence electrons. The van der Waals surface area contributed by atoms with Crippen molar-refractivity contribution >= 4 is 26.7 Å². The number of rotatable bonds is 5. The van der Waals surface area contributed by atoms with Crippen LogP contribution in [-0.4, -0.2) is 61.1 Å². The molecule has 0 atom stereocenters. The van der Waals surface area contributed by atoms with Gasteiger partial charge in [-0.15, -0.1) is 0 Å². The minimum atomic E-state index is -3.88. The summed E-state index contributed by atoms with van der Waals surface area (Å²) in [5, 5.41) is 0.899. The number of nitrogens with one attached hydrogen (secondary N) is 1. The van der Waals surface area contributed by atoms with Crippen molar-refractivity contribution in [2.45, 2.75) is 11.8 Å². The second-order valence-corrected chi connectivity index (χ2v) is 9.11. The quantitative estimate of drug-likeness (QED) is 0.651. The van der Waals surface area contributed by atoms with E-state index in [1.54, 1.807) is 0 Å². The molecule has 0 spiro atoms. The molecule has 0 aliphatic carbocycles. The summed E-state index contributed by atoms with van der Waals surface area (Å²) >= 11 is 0. The topological polar surface area (TPSA) is 73.5 Å². The second kappa shape index (κ2) is 7.70. The van der Waals surface area contributed by atoms with E-state index in [0.29, 0.717) is 18.7 Å². The SMILES string of the molecule is Cc1[nH]c2ccccc2c1C(=O)CN1CCN(S(=O)(=O)c2ccccc2F)CC1. The molecule has 1 fully saturated rings. The van der Waals surface area contributed by atoms with E-state index in [-0.39, 0.29) is 30.3 Å². The third kappa shape index (κ3) is 3.71. The van der Waals surface area contributed by atoms with Crippen molar-refractivity contribution in [2.75, 3.05) is 32.7 Å². The predicted molar refractivity (Wildman–Crippen MR) is 109 cm³/mol. The van der Waals surface area contributed by atoms with E-state index in [9.17, 15) is 17.6 Å². The number of piperazine rings is 1. The Bertz CT molecular complexity index is 1160. The Morgan fingerprint density at radius 2 is 1.69 bits per heavy atom. The van der Waals surface area contributed by atoms with Crippen LogP contribution in [-0.2, 0) is 10.0 Å². The van der Waals surface area contributed by atoms with Gasteiger partial charge in [-0.3, -0.25) is 9.69 Å². The summed E-state index contributed by atoms with van der Waals surface area (Å²) in [6, 6.07) is 13.1. The van der Waals surface area contributed by atoms with Crippen molar-refractivity contribution in [1.29, 1.82) is 0 Å². The van der Waals surface area contributed by atoms with Crippen LogP contribution in [0.4, 0.5) is 4.39 Å². The minimum Gasteiger partial charge on any atom is -0.358 e. The molecule has 3 aromatic rings. The number of ketones is 1. The van der Waals surface area contributed by atoms with Gasteiger partial charge in [0.05, 0.1) is 6.54 Å². The number of aromatic amines is 1. The van der Waals surface area contributed by atoms with Crippen LogP contribution in [0.2, 0.25) is 0 Å². The highest BCUT2D eigenvalue weighted by Gasteiger charge is 2.31. The van der Waals surface area contributed by atoms with Gasteiger partial charge in [0.2, 0.25) is 10.0 Å². The predicted octanol–water partition coefficient (Wildman–Crippen LogP) is 2.80. The lowest BCUT2D eigenvalue weighted by molar-refractivity contribution is 0.0902. The van der Waals surface area contributed by atoms with Gasteiger partial charge in [0, 0.05) is 48.3 Å². The summed E-state index contributed by atoms with van der Waals surface area (Å²) < 4.78 is 40.7. The molecule has 0 amide bonds. The molecule has 2 heterocycles. The molecule has 0 unspecified atom stereocenters. The van der Waals surface area contributed by atoms with E-state index < -0.39 is 15.8 Å². The molecule has 2 aromatic carbocycles. The highest BCUT2D eigenvalue weighted by Crippen LogP contribution is 2.24. The Hall–Kier alpha value is -2.55. The molecule has 1 aliphatic rings. The molecule has 29 heavy (non-hydrogen) atoms. The summed E-state index contributed by atoms with van der Waals surface area (Å²) in [7, 11) is -3.88. The largest absolute Gasteiger partial charge is 0.358 e. The van der Waals surface area contributed by atoms with Crippen LogP contribution in [0, 0.1) is 12.7 Å². The maximum atomic E-state index is 13.9. The number of para-hydroxylation sites is 1. The number of halogens is 1. The number of benzene rings is 2. The third-order valence-corrected chi connectivity index (χ3v) is 7.26. The van der Waals surface area contributed by atoms with Gasteiger partial charge in [0.25, 0.3) is 0 Å². The molecular weight excluding hydrogens is 393 g/mol. The zero-order valence-corrected chi connectivity index (χ0v) is 16.9. The van der Waals surface area contributed by atoms with E-state index in [2.05, 4.69) is 4.98 Å². The maximum Gasteiger partial charge on any atom is 0.246 e. The van der Waals surface area contributed by atoms with Gasteiger partial charge in [-0.25, -0.2) is 12.8 Å². The van der Waals surface area contributed by atoms with Crippen LogP contribution in [0.3, 0.4) is 0 Å². The fourth-order valence-electron chi connectivity index (χ4n) is 3.84. The summed E-state index contributed by atoms with van der Waals surface area (Å²) in [6.07, 6.45) is 0. The highest BCUT2D eigenvalue weighted by molar-refractivity contribution is 7.89. The van der Waals surface area contributed by atoms with Crippen molar-refractivity contribution in [2.24, 2.45) is 0 Å². The number of Topliss-reactive ketones (excluding diaryl/α,β-unsaturated/α-hetero) is 1. The van der Waals surface area contributed by atoms with Gasteiger partial charge in [-0.1, -0.05) is 30.3 Å². The van der Waals surface area contributed by atoms with Crippen LogP contribution >= 0.6 is 0 Å². The zero-order valence-electron chi connectivity index (χ0n) is 16.1. The molecule has 1 N–H and O–H groups in total. The summed E-state index contributed by atoms with van der Waals surface area (Å²) in [5.41, 5.74) is 2.44. The first-order chi connectivity index (χ1) is 13.9. The van der Waals surface area contributed by atoms with Gasteiger partial charge in [-0.2, -0.15) is 4.31 Å². The molecule has 4 rings (SSSR count). The number of H-pyrrole nitrogens is 1. The Kier molecular flexibility index (Phi) is 5.24. The number of hydrogen-bond donors (Lipinski definition) is 1. The van der Waals surface area contributed by atoms with Crippen LogP contribution in [0.15, 0.2) is 53.4 Å². The Balaban J connectivity index is 1.44. The summed E-state index contributed by atoms with van der Waals surface area (Å²) in [6.45, 7) is 3.37. The van der Waals surface area contributed by atoms with Gasteiger partial charge in [0.1, 0.15) is 10.7 Å². The van der Waals surface area contributed by atoms with E-state index in [1.807, 2.05) is 36.1 Å². The monoisotopic (exact) mass is 415 g/mol. The van der Waals surface area contributed by atoms with Crippen LogP contribution in [0.25, 0.3) is 10.9 Å². The van der Waals surface area contributed by atoms with Crippen molar-refractivity contribution in [3.8, 4) is 0 Å². The number of hydrogen-bond acceptors (Lipinski definition) is 4. The van der Waals surface area contributed by atoms with Gasteiger partial charge < -0.3 is 4.98 Å². The summed E-state index contributed by atoms with van der Waals surface area (Å²) in [4.78, 5) is 17.8. The van der Waals surface area contributed by atoms with Crippen LogP contribution in [0.1, 0.15) is 16.1 Å². The maximum absolute atomic E-state index is 13.9. The minimum absolute atomic E-state index is 0.00496. The second-order valence-electron chi connectivity index (χ2n) is 7.20. The molecule has 0 saturated carbocycles. The van der Waals surface area contributed by atoms with Crippen molar-refractivity contribution in [3.05, 3.63) is 65.6 Å². The Morgan fingerprint density at radius 3 is 2.41 bits per heavy atom. The number of aryl methyl sites for hydroxylation is 1. The van der Waals surface area contributed by atoms with Crippen molar-refractivity contribution < 1.29 is 17.6 Å².